The SMILES string of the molecule is CSCCC(NC(=O)C(N)CC(N)=O)C(=O)NC(CCCCN)C(=O)NC(CS)C(=O)O. The normalized spacial score (nSPS) is 14.5. The van der Waals surface area contributed by atoms with Crippen LogP contribution in [0.3, 0.4) is 0 Å². The summed E-state index contributed by atoms with van der Waals surface area (Å²) in [6.07, 6.45) is 3.02. The molecule has 32 heavy (non-hydrogen) atoms. The van der Waals surface area contributed by atoms with Crippen molar-refractivity contribution < 1.29 is 29.1 Å². The summed E-state index contributed by atoms with van der Waals surface area (Å²) in [5.74, 6) is -3.67. The molecule has 4 unspecified atom stereocenters. The Hall–Kier alpha value is -2.03. The number of nitrogens with one attached hydrogen (secondary N) is 3. The number of carbonyl (C=O) groups is 5. The number of nitrogens with two attached hydrogens (primary N) is 3. The summed E-state index contributed by atoms with van der Waals surface area (Å²) in [5, 5.41) is 16.5. The molecule has 12 nitrogen and oxygen atoms in total. The lowest BCUT2D eigenvalue weighted by atomic mass is 10.1. The van der Waals surface area contributed by atoms with E-state index in [1.807, 2.05) is 6.26 Å². The minimum atomic E-state index is -1.26. The van der Waals surface area contributed by atoms with E-state index in [-0.39, 0.29) is 25.0 Å². The molecule has 0 bridgehead atoms. The van der Waals surface area contributed by atoms with E-state index < -0.39 is 53.8 Å². The molecule has 4 atom stereocenters. The van der Waals surface area contributed by atoms with Crippen LogP contribution in [0.5, 0.6) is 0 Å². The van der Waals surface area contributed by atoms with Crippen LogP contribution in [0.25, 0.3) is 0 Å². The van der Waals surface area contributed by atoms with Crippen LogP contribution in [0.2, 0.25) is 0 Å². The number of unbranched alkanes of at least 4 members (excludes halogenated alkanes) is 1. The van der Waals surface area contributed by atoms with E-state index in [1.54, 1.807) is 0 Å². The van der Waals surface area contributed by atoms with E-state index in [0.717, 1.165) is 0 Å². The Morgan fingerprint density at radius 1 is 0.938 bits per heavy atom. The highest BCUT2D eigenvalue weighted by atomic mass is 32.2. The van der Waals surface area contributed by atoms with Crippen LogP contribution in [0.4, 0.5) is 0 Å². The van der Waals surface area contributed by atoms with E-state index in [0.29, 0.717) is 25.1 Å². The second-order valence-corrected chi connectivity index (χ2v) is 8.40. The summed E-state index contributed by atoms with van der Waals surface area (Å²) >= 11 is 5.36. The molecule has 0 saturated heterocycles. The van der Waals surface area contributed by atoms with Gasteiger partial charge in [-0.25, -0.2) is 4.79 Å². The number of carbonyl (C=O) groups excluding carboxylic acids is 4. The monoisotopic (exact) mass is 494 g/mol. The van der Waals surface area contributed by atoms with Crippen molar-refractivity contribution in [3.05, 3.63) is 0 Å². The predicted octanol–water partition coefficient (Wildman–Crippen LogP) is -2.46. The van der Waals surface area contributed by atoms with Crippen molar-refractivity contribution in [2.45, 2.75) is 56.3 Å². The van der Waals surface area contributed by atoms with Gasteiger partial charge >= 0.3 is 5.97 Å². The van der Waals surface area contributed by atoms with Gasteiger partial charge in [0.05, 0.1) is 12.5 Å². The van der Waals surface area contributed by atoms with Gasteiger partial charge in [0.25, 0.3) is 0 Å². The molecule has 0 aliphatic rings. The molecule has 0 aromatic rings. The van der Waals surface area contributed by atoms with Gasteiger partial charge in [0, 0.05) is 5.75 Å². The van der Waals surface area contributed by atoms with Crippen molar-refractivity contribution in [1.29, 1.82) is 0 Å². The largest absolute Gasteiger partial charge is 0.480 e. The zero-order valence-corrected chi connectivity index (χ0v) is 19.8. The summed E-state index contributed by atoms with van der Waals surface area (Å²) in [5.41, 5.74) is 16.2. The van der Waals surface area contributed by atoms with Gasteiger partial charge < -0.3 is 38.3 Å². The number of hydrogen-bond donors (Lipinski definition) is 8. The van der Waals surface area contributed by atoms with E-state index in [2.05, 4.69) is 28.6 Å². The first-order valence-corrected chi connectivity index (χ1v) is 12.1. The quantitative estimate of drug-likeness (QED) is 0.0792. The van der Waals surface area contributed by atoms with Crippen LogP contribution >= 0.6 is 24.4 Å². The first kappa shape index (κ1) is 30.0. The fourth-order valence-corrected chi connectivity index (χ4v) is 3.30. The van der Waals surface area contributed by atoms with Crippen LogP contribution in [0, 0.1) is 0 Å². The third-order valence-electron chi connectivity index (χ3n) is 4.38. The average molecular weight is 495 g/mol. The van der Waals surface area contributed by atoms with E-state index in [1.165, 1.54) is 11.8 Å². The maximum absolute atomic E-state index is 12.9. The van der Waals surface area contributed by atoms with Gasteiger partial charge in [-0.1, -0.05) is 0 Å². The van der Waals surface area contributed by atoms with Gasteiger partial charge in [0.1, 0.15) is 18.1 Å². The molecular weight excluding hydrogens is 460 g/mol. The topological polar surface area (TPSA) is 220 Å². The van der Waals surface area contributed by atoms with Crippen molar-refractivity contribution in [3.8, 4) is 0 Å². The Labute approximate surface area is 196 Å². The third-order valence-corrected chi connectivity index (χ3v) is 5.39. The lowest BCUT2D eigenvalue weighted by Crippen LogP contribution is -2.57. The molecule has 0 aliphatic carbocycles. The Bertz CT molecular complexity index is 653. The number of rotatable bonds is 17. The average Bonchev–Trinajstić information content (AvgIpc) is 2.72. The molecule has 0 saturated carbocycles. The molecule has 0 fully saturated rings. The minimum Gasteiger partial charge on any atom is -0.480 e. The van der Waals surface area contributed by atoms with Gasteiger partial charge in [-0.15, -0.1) is 0 Å². The van der Waals surface area contributed by atoms with Gasteiger partial charge in [0.2, 0.25) is 23.6 Å². The molecule has 10 N–H and O–H groups in total. The summed E-state index contributed by atoms with van der Waals surface area (Å²) < 4.78 is 0. The standard InChI is InChI=1S/C18H34N6O6S2/c1-32-7-5-12(22-15(26)10(20)8-14(21)25)17(28)23-11(4-2-3-6-19)16(27)24-13(9-31)18(29)30/h10-13,31H,2-9,19-20H2,1H3,(H2,21,25)(H,22,26)(H,23,28)(H,24,27)(H,29,30). The van der Waals surface area contributed by atoms with Gasteiger partial charge in [-0.2, -0.15) is 24.4 Å². The molecule has 0 rings (SSSR count). The Morgan fingerprint density at radius 3 is 1.94 bits per heavy atom. The van der Waals surface area contributed by atoms with Gasteiger partial charge in [-0.3, -0.25) is 19.2 Å². The number of hydrogen-bond acceptors (Lipinski definition) is 9. The molecule has 0 radical (unpaired) electrons. The maximum atomic E-state index is 12.9. The van der Waals surface area contributed by atoms with Crippen molar-refractivity contribution in [3.63, 3.8) is 0 Å². The van der Waals surface area contributed by atoms with E-state index in [4.69, 9.17) is 22.3 Å². The van der Waals surface area contributed by atoms with E-state index in [9.17, 15) is 24.0 Å². The van der Waals surface area contributed by atoms with E-state index >= 15 is 0 Å². The lowest BCUT2D eigenvalue weighted by molar-refractivity contribution is -0.141. The van der Waals surface area contributed by atoms with Crippen LogP contribution in [-0.2, 0) is 24.0 Å². The Morgan fingerprint density at radius 2 is 1.47 bits per heavy atom. The van der Waals surface area contributed by atoms with Crippen molar-refractivity contribution >= 4 is 54.0 Å². The smallest absolute Gasteiger partial charge is 0.327 e. The lowest BCUT2D eigenvalue weighted by Gasteiger charge is -2.25. The highest BCUT2D eigenvalue weighted by Gasteiger charge is 2.29. The fraction of sp³-hybridized carbons (Fsp3) is 0.722. The highest BCUT2D eigenvalue weighted by molar-refractivity contribution is 7.98. The number of thiol groups is 1. The molecule has 0 aromatic carbocycles. The Balaban J connectivity index is 5.37. The van der Waals surface area contributed by atoms with Crippen molar-refractivity contribution in [2.24, 2.45) is 17.2 Å². The highest BCUT2D eigenvalue weighted by Crippen LogP contribution is 2.06. The zero-order valence-electron chi connectivity index (χ0n) is 18.0. The summed E-state index contributed by atoms with van der Waals surface area (Å²) in [6, 6.07) is -4.49. The fourth-order valence-electron chi connectivity index (χ4n) is 2.58. The van der Waals surface area contributed by atoms with Gasteiger partial charge in [-0.05, 0) is 44.2 Å². The number of amides is 4. The van der Waals surface area contributed by atoms with Crippen LogP contribution in [0.15, 0.2) is 0 Å². The van der Waals surface area contributed by atoms with Crippen molar-refractivity contribution in [1.82, 2.24) is 16.0 Å². The molecule has 0 aromatic heterocycles. The maximum Gasteiger partial charge on any atom is 0.327 e. The van der Waals surface area contributed by atoms with Crippen LogP contribution in [0.1, 0.15) is 32.1 Å². The summed E-state index contributed by atoms with van der Waals surface area (Å²) in [4.78, 5) is 59.9. The third kappa shape index (κ3) is 12.1. The first-order valence-electron chi connectivity index (χ1n) is 10.0. The molecule has 0 heterocycles. The summed E-state index contributed by atoms with van der Waals surface area (Å²) in [7, 11) is 0. The summed E-state index contributed by atoms with van der Waals surface area (Å²) in [6.45, 7) is 0.390. The molecular formula is C18H34N6O6S2. The number of aliphatic carboxylic acids is 1. The molecule has 0 spiro atoms. The number of carboxylic acid groups (broad SMARTS) is 1. The molecule has 14 heteroatoms. The van der Waals surface area contributed by atoms with Crippen LogP contribution in [-0.4, -0.2) is 83.2 Å². The Kier molecular flexibility index (Phi) is 15.5. The number of thioether (sulfide) groups is 1. The minimum absolute atomic E-state index is 0.130. The van der Waals surface area contributed by atoms with Crippen molar-refractivity contribution in [2.75, 3.05) is 24.3 Å². The zero-order chi connectivity index (χ0) is 24.7. The first-order chi connectivity index (χ1) is 15.1. The van der Waals surface area contributed by atoms with Gasteiger partial charge in [0.15, 0.2) is 0 Å². The predicted molar refractivity (Wildman–Crippen MR) is 125 cm³/mol. The number of primary amides is 1. The second-order valence-electron chi connectivity index (χ2n) is 7.05. The molecule has 184 valence electrons. The molecule has 0 aliphatic heterocycles. The second kappa shape index (κ2) is 16.6. The van der Waals surface area contributed by atoms with Crippen LogP contribution < -0.4 is 33.2 Å². The molecule has 4 amide bonds. The number of carboxylic acids is 1.